The van der Waals surface area contributed by atoms with Crippen molar-refractivity contribution in [3.05, 3.63) is 21.9 Å². The summed E-state index contributed by atoms with van der Waals surface area (Å²) in [7, 11) is 0. The third-order valence-corrected chi connectivity index (χ3v) is 3.93. The first-order chi connectivity index (χ1) is 9.02. The van der Waals surface area contributed by atoms with Crippen molar-refractivity contribution >= 4 is 29.2 Å². The summed E-state index contributed by atoms with van der Waals surface area (Å²) in [6.07, 6.45) is 1.43. The van der Waals surface area contributed by atoms with Gasteiger partial charge in [0, 0.05) is 4.88 Å². The molecule has 0 bridgehead atoms. The van der Waals surface area contributed by atoms with Crippen molar-refractivity contribution in [2.24, 2.45) is 0 Å². The number of thiophene rings is 1. The van der Waals surface area contributed by atoms with Gasteiger partial charge in [-0.2, -0.15) is 0 Å². The monoisotopic (exact) mass is 282 g/mol. The van der Waals surface area contributed by atoms with Gasteiger partial charge in [0.05, 0.1) is 6.54 Å². The van der Waals surface area contributed by atoms with Crippen molar-refractivity contribution in [2.45, 2.75) is 32.4 Å². The maximum atomic E-state index is 12.0. The van der Waals surface area contributed by atoms with E-state index in [1.165, 1.54) is 6.07 Å². The van der Waals surface area contributed by atoms with Crippen LogP contribution in [0.3, 0.4) is 0 Å². The topological polar surface area (TPSA) is 86.7 Å². The molecule has 102 valence electrons. The summed E-state index contributed by atoms with van der Waals surface area (Å²) in [5.74, 6) is -1.24. The summed E-state index contributed by atoms with van der Waals surface area (Å²) in [5, 5.41) is 11.5. The number of nitrogens with one attached hydrogen (secondary N) is 1. The third-order valence-electron chi connectivity index (χ3n) is 2.87. The molecule has 2 N–H and O–H groups in total. The molecule has 2 rings (SSSR count). The molecule has 6 nitrogen and oxygen atoms in total. The number of hydrogen-bond acceptors (Lipinski definition) is 4. The summed E-state index contributed by atoms with van der Waals surface area (Å²) < 4.78 is 0. The van der Waals surface area contributed by atoms with Gasteiger partial charge in [0.2, 0.25) is 0 Å². The minimum absolute atomic E-state index is 0.128. The Bertz CT molecular complexity index is 526. The average Bonchev–Trinajstić information content (AvgIpc) is 2.91. The first-order valence-corrected chi connectivity index (χ1v) is 6.78. The van der Waals surface area contributed by atoms with E-state index in [9.17, 15) is 14.4 Å². The van der Waals surface area contributed by atoms with Crippen LogP contribution in [0.25, 0.3) is 0 Å². The molecular weight excluding hydrogens is 268 g/mol. The number of carboxylic acid groups (broad SMARTS) is 1. The predicted molar refractivity (Wildman–Crippen MR) is 69.1 cm³/mol. The maximum absolute atomic E-state index is 12.0. The average molecular weight is 282 g/mol. The molecule has 1 aliphatic heterocycles. The number of carbonyl (C=O) groups excluding carboxylic acids is 2. The van der Waals surface area contributed by atoms with E-state index >= 15 is 0 Å². The standard InChI is InChI=1S/C12H14N2O4S/c1-2-3-8-10(15)14(12(18)13-8)6-7-4-5-9(19-7)11(16)17/h4-5,8H,2-3,6H2,1H3,(H,13,18)(H,16,17). The van der Waals surface area contributed by atoms with Crippen molar-refractivity contribution in [1.82, 2.24) is 10.2 Å². The highest BCUT2D eigenvalue weighted by Gasteiger charge is 2.37. The van der Waals surface area contributed by atoms with Gasteiger partial charge in [0.25, 0.3) is 5.91 Å². The van der Waals surface area contributed by atoms with E-state index < -0.39 is 18.0 Å². The molecule has 0 aliphatic carbocycles. The van der Waals surface area contributed by atoms with Crippen LogP contribution in [0.2, 0.25) is 0 Å². The zero-order valence-corrected chi connectivity index (χ0v) is 11.2. The Hall–Kier alpha value is -1.89. The molecule has 19 heavy (non-hydrogen) atoms. The molecule has 1 aliphatic rings. The molecule has 1 atom stereocenters. The van der Waals surface area contributed by atoms with Crippen molar-refractivity contribution in [3.63, 3.8) is 0 Å². The smallest absolute Gasteiger partial charge is 0.345 e. The minimum atomic E-state index is -1.00. The van der Waals surface area contributed by atoms with Gasteiger partial charge in [-0.3, -0.25) is 9.69 Å². The van der Waals surface area contributed by atoms with Crippen LogP contribution in [0, 0.1) is 0 Å². The summed E-state index contributed by atoms with van der Waals surface area (Å²) in [6.45, 7) is 2.07. The fourth-order valence-corrected chi connectivity index (χ4v) is 2.78. The van der Waals surface area contributed by atoms with Crippen LogP contribution in [0.4, 0.5) is 4.79 Å². The summed E-state index contributed by atoms with van der Waals surface area (Å²) in [6, 6.07) is 2.25. The first kappa shape index (κ1) is 13.5. The number of urea groups is 1. The second kappa shape index (κ2) is 5.40. The number of imide groups is 1. The lowest BCUT2D eigenvalue weighted by molar-refractivity contribution is -0.128. The van der Waals surface area contributed by atoms with Crippen molar-refractivity contribution < 1.29 is 19.5 Å². The second-order valence-electron chi connectivity index (χ2n) is 4.29. The Labute approximate surface area is 114 Å². The van der Waals surface area contributed by atoms with Crippen LogP contribution in [0.5, 0.6) is 0 Å². The molecule has 3 amide bonds. The molecule has 1 fully saturated rings. The van der Waals surface area contributed by atoms with Gasteiger partial charge in [-0.05, 0) is 18.6 Å². The highest BCUT2D eigenvalue weighted by atomic mass is 32.1. The summed E-state index contributed by atoms with van der Waals surface area (Å²) in [4.78, 5) is 36.5. The quantitative estimate of drug-likeness (QED) is 0.804. The van der Waals surface area contributed by atoms with Crippen LogP contribution in [0.1, 0.15) is 34.3 Å². The van der Waals surface area contributed by atoms with Crippen LogP contribution in [-0.2, 0) is 11.3 Å². The molecule has 0 aromatic carbocycles. The second-order valence-corrected chi connectivity index (χ2v) is 5.45. The molecule has 1 unspecified atom stereocenters. The lowest BCUT2D eigenvalue weighted by atomic mass is 10.2. The highest BCUT2D eigenvalue weighted by Crippen LogP contribution is 2.21. The van der Waals surface area contributed by atoms with E-state index in [-0.39, 0.29) is 17.3 Å². The Morgan fingerprint density at radius 2 is 2.21 bits per heavy atom. The number of nitrogens with zero attached hydrogens (tertiary/aromatic N) is 1. The van der Waals surface area contributed by atoms with Gasteiger partial charge < -0.3 is 10.4 Å². The third kappa shape index (κ3) is 2.76. The predicted octanol–water partition coefficient (Wildman–Crippen LogP) is 1.67. The molecule has 1 aromatic rings. The van der Waals surface area contributed by atoms with Crippen LogP contribution in [0.15, 0.2) is 12.1 Å². The molecule has 2 heterocycles. The molecular formula is C12H14N2O4S. The van der Waals surface area contributed by atoms with E-state index in [1.54, 1.807) is 6.07 Å². The zero-order chi connectivity index (χ0) is 14.0. The van der Waals surface area contributed by atoms with Gasteiger partial charge >= 0.3 is 12.0 Å². The Balaban J connectivity index is 2.07. The molecule has 7 heteroatoms. The lowest BCUT2D eigenvalue weighted by Crippen LogP contribution is -2.30. The number of rotatable bonds is 5. The molecule has 1 aromatic heterocycles. The van der Waals surface area contributed by atoms with Crippen LogP contribution >= 0.6 is 11.3 Å². The molecule has 0 spiro atoms. The molecule has 1 saturated heterocycles. The van der Waals surface area contributed by atoms with Gasteiger partial charge in [-0.15, -0.1) is 11.3 Å². The molecule has 0 saturated carbocycles. The fourth-order valence-electron chi connectivity index (χ4n) is 1.94. The molecule has 0 radical (unpaired) electrons. The fraction of sp³-hybridized carbons (Fsp3) is 0.417. The van der Waals surface area contributed by atoms with Crippen molar-refractivity contribution in [3.8, 4) is 0 Å². The number of carbonyl (C=O) groups is 3. The Morgan fingerprint density at radius 1 is 1.47 bits per heavy atom. The van der Waals surface area contributed by atoms with Gasteiger partial charge in [-0.1, -0.05) is 13.3 Å². The number of aromatic carboxylic acids is 1. The van der Waals surface area contributed by atoms with E-state index in [4.69, 9.17) is 5.11 Å². The van der Waals surface area contributed by atoms with E-state index in [0.29, 0.717) is 11.3 Å². The van der Waals surface area contributed by atoms with Gasteiger partial charge in [-0.25, -0.2) is 9.59 Å². The Kier molecular flexibility index (Phi) is 3.84. The minimum Gasteiger partial charge on any atom is -0.477 e. The van der Waals surface area contributed by atoms with Gasteiger partial charge in [0.15, 0.2) is 0 Å². The number of amides is 3. The van der Waals surface area contributed by atoms with Crippen LogP contribution in [-0.4, -0.2) is 34.0 Å². The van der Waals surface area contributed by atoms with Crippen LogP contribution < -0.4 is 5.32 Å². The van der Waals surface area contributed by atoms with Gasteiger partial charge in [0.1, 0.15) is 10.9 Å². The zero-order valence-electron chi connectivity index (χ0n) is 10.4. The highest BCUT2D eigenvalue weighted by molar-refractivity contribution is 7.13. The van der Waals surface area contributed by atoms with Crippen molar-refractivity contribution in [2.75, 3.05) is 0 Å². The lowest BCUT2D eigenvalue weighted by Gasteiger charge is -2.11. The van der Waals surface area contributed by atoms with E-state index in [0.717, 1.165) is 22.7 Å². The number of hydrogen-bond donors (Lipinski definition) is 2. The number of carboxylic acids is 1. The van der Waals surface area contributed by atoms with E-state index in [2.05, 4.69) is 5.32 Å². The van der Waals surface area contributed by atoms with Crippen molar-refractivity contribution in [1.29, 1.82) is 0 Å². The SMILES string of the molecule is CCCC1NC(=O)N(Cc2ccc(C(=O)O)s2)C1=O. The largest absolute Gasteiger partial charge is 0.477 e. The summed E-state index contributed by atoms with van der Waals surface area (Å²) >= 11 is 1.07. The maximum Gasteiger partial charge on any atom is 0.345 e. The first-order valence-electron chi connectivity index (χ1n) is 5.96. The Morgan fingerprint density at radius 3 is 2.79 bits per heavy atom. The van der Waals surface area contributed by atoms with E-state index in [1.807, 2.05) is 6.92 Å². The summed E-state index contributed by atoms with van der Waals surface area (Å²) in [5.41, 5.74) is 0. The normalized spacial score (nSPS) is 18.8.